The monoisotopic (exact) mass is 224 g/mol. The van der Waals surface area contributed by atoms with Crippen LogP contribution in [-0.2, 0) is 0 Å². The second-order valence-corrected chi connectivity index (χ2v) is 4.91. The van der Waals surface area contributed by atoms with Crippen molar-refractivity contribution in [2.45, 2.75) is 11.6 Å². The van der Waals surface area contributed by atoms with Crippen LogP contribution < -0.4 is 5.73 Å². The Bertz CT molecular complexity index is 307. The molecule has 1 aromatic rings. The molecule has 1 aliphatic rings. The van der Waals surface area contributed by atoms with Crippen molar-refractivity contribution in [3.8, 4) is 0 Å². The Labute approximate surface area is 94.3 Å². The topological polar surface area (TPSA) is 49.5 Å². The quantitative estimate of drug-likeness (QED) is 0.804. The molecular weight excluding hydrogens is 208 g/mol. The van der Waals surface area contributed by atoms with Crippen molar-refractivity contribution in [1.82, 2.24) is 4.90 Å². The summed E-state index contributed by atoms with van der Waals surface area (Å²) in [6.07, 6.45) is -0.434. The van der Waals surface area contributed by atoms with Crippen molar-refractivity contribution in [2.75, 3.05) is 18.8 Å². The molecule has 0 aliphatic carbocycles. The second kappa shape index (κ2) is 4.99. The first-order chi connectivity index (χ1) is 7.27. The first kappa shape index (κ1) is 11.0. The molecule has 15 heavy (non-hydrogen) atoms. The van der Waals surface area contributed by atoms with Gasteiger partial charge in [0.1, 0.15) is 5.50 Å². The molecule has 1 fully saturated rings. The third-order valence-electron chi connectivity index (χ3n) is 2.62. The molecule has 0 spiro atoms. The van der Waals surface area contributed by atoms with Crippen LogP contribution in [0.3, 0.4) is 0 Å². The summed E-state index contributed by atoms with van der Waals surface area (Å²) in [5, 5.41) is 9.99. The Balaban J connectivity index is 1.95. The molecule has 0 saturated carbocycles. The zero-order valence-electron chi connectivity index (χ0n) is 8.54. The number of aliphatic hydroxyl groups is 1. The zero-order chi connectivity index (χ0) is 10.7. The summed E-state index contributed by atoms with van der Waals surface area (Å²) in [7, 11) is 0. The molecule has 3 N–H and O–H groups in total. The lowest BCUT2D eigenvalue weighted by Gasteiger charge is -2.23. The smallest absolute Gasteiger partial charge is 0.106 e. The van der Waals surface area contributed by atoms with E-state index in [0.717, 1.165) is 17.9 Å². The van der Waals surface area contributed by atoms with Gasteiger partial charge in [-0.1, -0.05) is 30.3 Å². The van der Waals surface area contributed by atoms with Gasteiger partial charge in [-0.25, -0.2) is 0 Å². The van der Waals surface area contributed by atoms with Crippen LogP contribution in [0.15, 0.2) is 30.3 Å². The molecule has 0 aromatic heterocycles. The van der Waals surface area contributed by atoms with E-state index in [9.17, 15) is 5.11 Å². The van der Waals surface area contributed by atoms with E-state index >= 15 is 0 Å². The summed E-state index contributed by atoms with van der Waals surface area (Å²) in [5.41, 5.74) is 6.89. The molecule has 2 atom stereocenters. The van der Waals surface area contributed by atoms with Crippen molar-refractivity contribution >= 4 is 11.8 Å². The van der Waals surface area contributed by atoms with Gasteiger partial charge in [-0.2, -0.15) is 0 Å². The lowest BCUT2D eigenvalue weighted by atomic mass is 10.1. The summed E-state index contributed by atoms with van der Waals surface area (Å²) in [6.45, 7) is 1.59. The van der Waals surface area contributed by atoms with Crippen molar-refractivity contribution in [3.05, 3.63) is 35.9 Å². The number of hydrogen-bond acceptors (Lipinski definition) is 4. The van der Waals surface area contributed by atoms with E-state index in [1.807, 2.05) is 30.3 Å². The zero-order valence-corrected chi connectivity index (χ0v) is 9.36. The normalized spacial score (nSPS) is 24.3. The Morgan fingerprint density at radius 1 is 1.47 bits per heavy atom. The maximum absolute atomic E-state index is 9.99. The minimum Gasteiger partial charge on any atom is -0.387 e. The maximum Gasteiger partial charge on any atom is 0.106 e. The number of nitrogens with two attached hydrogens (primary N) is 1. The number of aliphatic hydroxyl groups excluding tert-OH is 1. The Morgan fingerprint density at radius 2 is 2.20 bits per heavy atom. The van der Waals surface area contributed by atoms with Gasteiger partial charge in [0.15, 0.2) is 0 Å². The lowest BCUT2D eigenvalue weighted by Crippen LogP contribution is -2.37. The van der Waals surface area contributed by atoms with Crippen molar-refractivity contribution in [1.29, 1.82) is 0 Å². The van der Waals surface area contributed by atoms with Crippen molar-refractivity contribution in [3.63, 3.8) is 0 Å². The standard InChI is InChI=1S/C11H16N2OS/c12-11-13(6-7-15-11)8-10(14)9-4-2-1-3-5-9/h1-5,10-11,14H,6-8,12H2. The van der Waals surface area contributed by atoms with Crippen molar-refractivity contribution in [2.24, 2.45) is 5.73 Å². The molecule has 4 heteroatoms. The molecule has 1 heterocycles. The highest BCUT2D eigenvalue weighted by atomic mass is 32.2. The van der Waals surface area contributed by atoms with Crippen LogP contribution in [0.5, 0.6) is 0 Å². The number of benzene rings is 1. The lowest BCUT2D eigenvalue weighted by molar-refractivity contribution is 0.116. The summed E-state index contributed by atoms with van der Waals surface area (Å²) < 4.78 is 0. The molecule has 2 unspecified atom stereocenters. The van der Waals surface area contributed by atoms with E-state index in [1.54, 1.807) is 11.8 Å². The Kier molecular flexibility index (Phi) is 3.64. The third kappa shape index (κ3) is 2.72. The van der Waals surface area contributed by atoms with E-state index in [1.165, 1.54) is 0 Å². The van der Waals surface area contributed by atoms with Crippen LogP contribution in [0.4, 0.5) is 0 Å². The largest absolute Gasteiger partial charge is 0.387 e. The number of thioether (sulfide) groups is 1. The average molecular weight is 224 g/mol. The van der Waals surface area contributed by atoms with Gasteiger partial charge in [-0.05, 0) is 5.56 Å². The van der Waals surface area contributed by atoms with E-state index in [-0.39, 0.29) is 5.50 Å². The van der Waals surface area contributed by atoms with Crippen LogP contribution in [0.2, 0.25) is 0 Å². The van der Waals surface area contributed by atoms with Crippen LogP contribution in [-0.4, -0.2) is 34.3 Å². The molecule has 0 amide bonds. The van der Waals surface area contributed by atoms with Gasteiger partial charge in [0, 0.05) is 18.8 Å². The van der Waals surface area contributed by atoms with Crippen LogP contribution in [0, 0.1) is 0 Å². The molecule has 2 rings (SSSR count). The van der Waals surface area contributed by atoms with E-state index in [0.29, 0.717) is 6.54 Å². The van der Waals surface area contributed by atoms with Crippen LogP contribution in [0.25, 0.3) is 0 Å². The van der Waals surface area contributed by atoms with Crippen LogP contribution >= 0.6 is 11.8 Å². The highest BCUT2D eigenvalue weighted by Gasteiger charge is 2.23. The minimum absolute atomic E-state index is 0.0448. The SMILES string of the molecule is NC1SCCN1CC(O)c1ccccc1. The first-order valence-corrected chi connectivity index (χ1v) is 6.16. The first-order valence-electron chi connectivity index (χ1n) is 5.11. The highest BCUT2D eigenvalue weighted by Crippen LogP contribution is 2.22. The number of β-amino-alcohol motifs (C(OH)–C–C–N with tert-alkyl or cyclic N) is 1. The fraction of sp³-hybridized carbons (Fsp3) is 0.455. The number of hydrogen-bond donors (Lipinski definition) is 2. The molecular formula is C11H16N2OS. The van der Waals surface area contributed by atoms with E-state index < -0.39 is 6.10 Å². The fourth-order valence-electron chi connectivity index (χ4n) is 1.72. The van der Waals surface area contributed by atoms with Gasteiger partial charge in [-0.15, -0.1) is 11.8 Å². The third-order valence-corrected chi connectivity index (χ3v) is 3.68. The average Bonchev–Trinajstić information content (AvgIpc) is 2.66. The molecule has 0 bridgehead atoms. The highest BCUT2D eigenvalue weighted by molar-refractivity contribution is 8.00. The van der Waals surface area contributed by atoms with E-state index in [4.69, 9.17) is 5.73 Å². The van der Waals surface area contributed by atoms with Gasteiger partial charge in [0.25, 0.3) is 0 Å². The molecule has 1 saturated heterocycles. The Hall–Kier alpha value is -0.550. The van der Waals surface area contributed by atoms with Gasteiger partial charge < -0.3 is 10.8 Å². The number of rotatable bonds is 3. The summed E-state index contributed by atoms with van der Waals surface area (Å²) in [6, 6.07) is 9.72. The van der Waals surface area contributed by atoms with Gasteiger partial charge in [0.05, 0.1) is 6.10 Å². The number of nitrogens with zero attached hydrogens (tertiary/aromatic N) is 1. The molecule has 1 aromatic carbocycles. The molecule has 82 valence electrons. The second-order valence-electron chi connectivity index (χ2n) is 3.68. The maximum atomic E-state index is 9.99. The van der Waals surface area contributed by atoms with E-state index in [2.05, 4.69) is 4.90 Å². The molecule has 3 nitrogen and oxygen atoms in total. The summed E-state index contributed by atoms with van der Waals surface area (Å²) >= 11 is 1.74. The molecule has 0 radical (unpaired) electrons. The predicted molar refractivity (Wildman–Crippen MR) is 63.4 cm³/mol. The summed E-state index contributed by atoms with van der Waals surface area (Å²) in [4.78, 5) is 2.11. The fourth-order valence-corrected chi connectivity index (χ4v) is 2.70. The van der Waals surface area contributed by atoms with Gasteiger partial charge in [0.2, 0.25) is 0 Å². The Morgan fingerprint density at radius 3 is 2.80 bits per heavy atom. The molecule has 1 aliphatic heterocycles. The van der Waals surface area contributed by atoms with Crippen LogP contribution in [0.1, 0.15) is 11.7 Å². The van der Waals surface area contributed by atoms with Crippen molar-refractivity contribution < 1.29 is 5.11 Å². The summed E-state index contributed by atoms with van der Waals surface area (Å²) in [5.74, 6) is 1.06. The predicted octanol–water partition coefficient (Wildman–Crippen LogP) is 1.01. The van der Waals surface area contributed by atoms with Gasteiger partial charge >= 0.3 is 0 Å². The minimum atomic E-state index is -0.434. The van der Waals surface area contributed by atoms with Gasteiger partial charge in [-0.3, -0.25) is 4.90 Å².